The smallest absolute Gasteiger partial charge is 0.286 e. The van der Waals surface area contributed by atoms with E-state index in [1.165, 1.54) is 22.1 Å². The van der Waals surface area contributed by atoms with Crippen molar-refractivity contribution in [3.8, 4) is 5.75 Å². The Hall–Kier alpha value is -2.85. The molecule has 0 radical (unpaired) electrons. The summed E-state index contributed by atoms with van der Waals surface area (Å²) < 4.78 is 30.9. The molecular formula is C19H20N4O4S2. The number of hydrogen-bond acceptors (Lipinski definition) is 7. The van der Waals surface area contributed by atoms with E-state index in [1.807, 2.05) is 13.8 Å². The maximum absolute atomic E-state index is 13.3. The SMILES string of the molecule is CCC(CC)Nn1c(=O)c(C2=NS(=O)(=O)c3ccccc3N2)c(O)c2sccc21. The van der Waals surface area contributed by atoms with Crippen molar-refractivity contribution in [2.45, 2.75) is 37.6 Å². The number of hydrogen-bond donors (Lipinski definition) is 3. The van der Waals surface area contributed by atoms with Crippen LogP contribution in [0.25, 0.3) is 10.2 Å². The Balaban J connectivity index is 1.96. The molecule has 10 heteroatoms. The Morgan fingerprint density at radius 1 is 1.24 bits per heavy atom. The number of amidine groups is 1. The largest absolute Gasteiger partial charge is 0.505 e. The van der Waals surface area contributed by atoms with Crippen LogP contribution in [-0.2, 0) is 10.0 Å². The van der Waals surface area contributed by atoms with Crippen LogP contribution in [0.2, 0.25) is 0 Å². The Labute approximate surface area is 171 Å². The van der Waals surface area contributed by atoms with Crippen molar-refractivity contribution in [3.63, 3.8) is 0 Å². The molecule has 29 heavy (non-hydrogen) atoms. The second kappa shape index (κ2) is 7.20. The fourth-order valence-electron chi connectivity index (χ4n) is 3.31. The van der Waals surface area contributed by atoms with Crippen molar-refractivity contribution in [3.05, 3.63) is 51.6 Å². The van der Waals surface area contributed by atoms with Crippen LogP contribution in [0.5, 0.6) is 5.75 Å². The number of benzene rings is 1. The van der Waals surface area contributed by atoms with Crippen molar-refractivity contribution in [2.24, 2.45) is 4.40 Å². The number of aromatic hydroxyl groups is 1. The van der Waals surface area contributed by atoms with Gasteiger partial charge in [0.15, 0.2) is 11.6 Å². The molecule has 0 fully saturated rings. The average Bonchev–Trinajstić information content (AvgIpc) is 3.18. The summed E-state index contributed by atoms with van der Waals surface area (Å²) in [4.78, 5) is 13.3. The highest BCUT2D eigenvalue weighted by atomic mass is 32.2. The summed E-state index contributed by atoms with van der Waals surface area (Å²) in [6, 6.07) is 8.08. The first-order valence-electron chi connectivity index (χ1n) is 9.20. The third-order valence-electron chi connectivity index (χ3n) is 4.92. The van der Waals surface area contributed by atoms with Crippen molar-refractivity contribution >= 4 is 43.1 Å². The van der Waals surface area contributed by atoms with Crippen molar-refractivity contribution in [1.29, 1.82) is 0 Å². The predicted molar refractivity (Wildman–Crippen MR) is 115 cm³/mol. The van der Waals surface area contributed by atoms with Gasteiger partial charge in [-0.1, -0.05) is 26.0 Å². The van der Waals surface area contributed by atoms with Gasteiger partial charge in [-0.25, -0.2) is 4.68 Å². The van der Waals surface area contributed by atoms with Gasteiger partial charge >= 0.3 is 0 Å². The normalized spacial score (nSPS) is 15.1. The lowest BCUT2D eigenvalue weighted by Gasteiger charge is -2.22. The third-order valence-corrected chi connectivity index (χ3v) is 7.16. The van der Waals surface area contributed by atoms with Crippen molar-refractivity contribution < 1.29 is 13.5 Å². The summed E-state index contributed by atoms with van der Waals surface area (Å²) in [6.45, 7) is 4.02. The van der Waals surface area contributed by atoms with Crippen LogP contribution in [0, 0.1) is 0 Å². The van der Waals surface area contributed by atoms with Crippen LogP contribution in [0.4, 0.5) is 5.69 Å². The van der Waals surface area contributed by atoms with Crippen LogP contribution >= 0.6 is 11.3 Å². The molecule has 4 rings (SSSR count). The second-order valence-electron chi connectivity index (χ2n) is 6.68. The molecule has 0 bridgehead atoms. The van der Waals surface area contributed by atoms with Crippen LogP contribution in [0.3, 0.4) is 0 Å². The number of para-hydroxylation sites is 1. The molecule has 1 aromatic carbocycles. The van der Waals surface area contributed by atoms with E-state index in [0.717, 1.165) is 12.8 Å². The van der Waals surface area contributed by atoms with E-state index < -0.39 is 15.6 Å². The summed E-state index contributed by atoms with van der Waals surface area (Å²) in [6.07, 6.45) is 1.59. The van der Waals surface area contributed by atoms with Gasteiger partial charge in [0.25, 0.3) is 15.6 Å². The lowest BCUT2D eigenvalue weighted by atomic mass is 10.2. The van der Waals surface area contributed by atoms with Crippen molar-refractivity contribution in [2.75, 3.05) is 10.7 Å². The fourth-order valence-corrected chi connectivity index (χ4v) is 5.26. The maximum Gasteiger partial charge on any atom is 0.286 e. The number of pyridine rings is 1. The van der Waals surface area contributed by atoms with Crippen LogP contribution in [0.1, 0.15) is 32.3 Å². The molecule has 0 atom stereocenters. The standard InChI is InChI=1S/C19H20N4O4S2/c1-3-11(4-2)21-23-13-9-10-28-17(13)16(24)15(19(23)25)18-20-12-7-5-6-8-14(12)29(26,27)22-18/h5-11,21,24H,3-4H2,1-2H3,(H,20,22). The molecule has 0 unspecified atom stereocenters. The lowest BCUT2D eigenvalue weighted by Crippen LogP contribution is -2.39. The highest BCUT2D eigenvalue weighted by Gasteiger charge is 2.30. The van der Waals surface area contributed by atoms with Gasteiger partial charge in [0.05, 0.1) is 15.9 Å². The Bertz CT molecular complexity index is 1290. The number of nitrogens with zero attached hydrogens (tertiary/aromatic N) is 2. The Kier molecular flexibility index (Phi) is 4.83. The molecule has 0 saturated heterocycles. The number of thiophene rings is 1. The highest BCUT2D eigenvalue weighted by Crippen LogP contribution is 2.34. The minimum absolute atomic E-state index is 0.0240. The highest BCUT2D eigenvalue weighted by molar-refractivity contribution is 7.90. The molecule has 3 aromatic rings. The molecule has 3 N–H and O–H groups in total. The van der Waals surface area contributed by atoms with Crippen molar-refractivity contribution in [1.82, 2.24) is 4.68 Å². The minimum Gasteiger partial charge on any atom is -0.505 e. The van der Waals surface area contributed by atoms with Crippen LogP contribution < -0.4 is 16.3 Å². The molecule has 0 aliphatic carbocycles. The van der Waals surface area contributed by atoms with Gasteiger partial charge in [0, 0.05) is 6.04 Å². The molecule has 0 spiro atoms. The summed E-state index contributed by atoms with van der Waals surface area (Å²) in [5.74, 6) is -0.481. The number of aromatic nitrogens is 1. The second-order valence-corrected chi connectivity index (χ2v) is 9.17. The summed E-state index contributed by atoms with van der Waals surface area (Å²) in [5, 5.41) is 15.5. The zero-order valence-corrected chi connectivity index (χ0v) is 17.5. The molecular weight excluding hydrogens is 412 g/mol. The van der Waals surface area contributed by atoms with Gasteiger partial charge in [0.2, 0.25) is 0 Å². The molecule has 0 saturated carbocycles. The first-order chi connectivity index (χ1) is 13.9. The molecule has 152 valence electrons. The van der Waals surface area contributed by atoms with E-state index >= 15 is 0 Å². The number of rotatable bonds is 5. The summed E-state index contributed by atoms with van der Waals surface area (Å²) >= 11 is 1.26. The molecule has 1 aliphatic heterocycles. The predicted octanol–water partition coefficient (Wildman–Crippen LogP) is 3.06. The van der Waals surface area contributed by atoms with Crippen LogP contribution in [-0.4, -0.2) is 30.1 Å². The van der Waals surface area contributed by atoms with E-state index in [4.69, 9.17) is 0 Å². The van der Waals surface area contributed by atoms with E-state index in [-0.39, 0.29) is 28.1 Å². The van der Waals surface area contributed by atoms with Gasteiger partial charge < -0.3 is 15.8 Å². The topological polar surface area (TPSA) is 113 Å². The molecule has 3 heterocycles. The monoisotopic (exact) mass is 432 g/mol. The van der Waals surface area contributed by atoms with Gasteiger partial charge in [0.1, 0.15) is 10.5 Å². The Morgan fingerprint density at radius 2 is 1.97 bits per heavy atom. The summed E-state index contributed by atoms with van der Waals surface area (Å²) in [5.41, 5.74) is 3.28. The lowest BCUT2D eigenvalue weighted by molar-refractivity contribution is 0.478. The summed E-state index contributed by atoms with van der Waals surface area (Å²) in [7, 11) is -4.01. The maximum atomic E-state index is 13.3. The number of fused-ring (bicyclic) bond motifs is 2. The van der Waals surface area contributed by atoms with Gasteiger partial charge in [-0.15, -0.1) is 15.7 Å². The van der Waals surface area contributed by atoms with E-state index in [1.54, 1.807) is 29.6 Å². The number of anilines is 1. The average molecular weight is 433 g/mol. The molecule has 0 amide bonds. The van der Waals surface area contributed by atoms with Gasteiger partial charge in [-0.2, -0.15) is 8.42 Å². The molecule has 1 aliphatic rings. The van der Waals surface area contributed by atoms with E-state index in [2.05, 4.69) is 15.1 Å². The van der Waals surface area contributed by atoms with E-state index in [0.29, 0.717) is 15.9 Å². The zero-order valence-electron chi connectivity index (χ0n) is 15.8. The number of sulfonamides is 1. The van der Waals surface area contributed by atoms with Gasteiger partial charge in [-0.3, -0.25) is 4.79 Å². The van der Waals surface area contributed by atoms with Crippen LogP contribution in [0.15, 0.2) is 49.8 Å². The van der Waals surface area contributed by atoms with Gasteiger partial charge in [-0.05, 0) is 36.4 Å². The first kappa shape index (κ1) is 19.5. The molecule has 8 nitrogen and oxygen atoms in total. The Morgan fingerprint density at radius 3 is 2.69 bits per heavy atom. The minimum atomic E-state index is -4.01. The number of nitrogens with one attached hydrogen (secondary N) is 2. The fraction of sp³-hybridized carbons (Fsp3) is 0.263. The molecule has 2 aromatic heterocycles. The quantitative estimate of drug-likeness (QED) is 0.571. The van der Waals surface area contributed by atoms with E-state index in [9.17, 15) is 18.3 Å². The third kappa shape index (κ3) is 3.18. The zero-order chi connectivity index (χ0) is 20.8. The first-order valence-corrected chi connectivity index (χ1v) is 11.5.